The molecular formula is C22H26O2. The molecule has 2 heteroatoms. The largest absolute Gasteiger partial charge is 0.497 e. The molecular weight excluding hydrogens is 296 g/mol. The minimum absolute atomic E-state index is 0.298. The normalized spacial score (nSPS) is 28.6. The van der Waals surface area contributed by atoms with E-state index in [2.05, 4.69) is 48.5 Å². The van der Waals surface area contributed by atoms with Gasteiger partial charge in [-0.3, -0.25) is 0 Å². The molecule has 24 heavy (non-hydrogen) atoms. The molecule has 126 valence electrons. The fourth-order valence-electron chi connectivity index (χ4n) is 5.26. The molecule has 0 spiro atoms. The Morgan fingerprint density at radius 3 is 1.25 bits per heavy atom. The average molecular weight is 322 g/mol. The zero-order valence-corrected chi connectivity index (χ0v) is 14.7. The molecule has 2 aromatic rings. The summed E-state index contributed by atoms with van der Waals surface area (Å²) in [7, 11) is 3.47. The van der Waals surface area contributed by atoms with Gasteiger partial charge in [0.1, 0.15) is 11.5 Å². The first-order valence-electron chi connectivity index (χ1n) is 9.03. The zero-order valence-electron chi connectivity index (χ0n) is 14.7. The summed E-state index contributed by atoms with van der Waals surface area (Å²) in [5.41, 5.74) is 3.58. The van der Waals surface area contributed by atoms with Gasteiger partial charge in [0, 0.05) is 10.8 Å². The van der Waals surface area contributed by atoms with Gasteiger partial charge in [-0.15, -0.1) is 0 Å². The van der Waals surface area contributed by atoms with Gasteiger partial charge in [0.15, 0.2) is 0 Å². The summed E-state index contributed by atoms with van der Waals surface area (Å²) >= 11 is 0. The van der Waals surface area contributed by atoms with Crippen LogP contribution in [-0.2, 0) is 10.8 Å². The molecule has 0 aromatic heterocycles. The maximum Gasteiger partial charge on any atom is 0.118 e. The zero-order chi connectivity index (χ0) is 16.6. The number of benzene rings is 2. The third-order valence-corrected chi connectivity index (χ3v) is 6.64. The molecule has 2 atom stereocenters. The first-order valence-corrected chi connectivity index (χ1v) is 9.03. The Bertz CT molecular complexity index is 640. The van der Waals surface area contributed by atoms with Crippen LogP contribution in [0.3, 0.4) is 0 Å². The third kappa shape index (κ3) is 2.08. The van der Waals surface area contributed by atoms with Crippen molar-refractivity contribution in [3.63, 3.8) is 0 Å². The summed E-state index contributed by atoms with van der Waals surface area (Å²) < 4.78 is 10.7. The van der Waals surface area contributed by atoms with E-state index in [1.807, 2.05) is 0 Å². The van der Waals surface area contributed by atoms with Gasteiger partial charge in [-0.05, 0) is 61.1 Å². The number of fused-ring (bicyclic) bond motifs is 1. The van der Waals surface area contributed by atoms with Crippen LogP contribution in [0.5, 0.6) is 11.5 Å². The highest BCUT2D eigenvalue weighted by Gasteiger charge is 2.60. The van der Waals surface area contributed by atoms with Crippen molar-refractivity contribution in [3.05, 3.63) is 59.7 Å². The van der Waals surface area contributed by atoms with E-state index in [4.69, 9.17) is 9.47 Å². The first-order chi connectivity index (χ1) is 11.7. The molecule has 0 unspecified atom stereocenters. The van der Waals surface area contributed by atoms with Gasteiger partial charge in [-0.25, -0.2) is 0 Å². The Balaban J connectivity index is 1.76. The van der Waals surface area contributed by atoms with E-state index in [0.29, 0.717) is 10.8 Å². The maximum atomic E-state index is 5.36. The molecule has 0 aliphatic heterocycles. The number of rotatable bonds is 4. The Kier molecular flexibility index (Phi) is 3.79. The Morgan fingerprint density at radius 2 is 0.958 bits per heavy atom. The molecule has 0 radical (unpaired) electrons. The molecule has 2 nitrogen and oxygen atoms in total. The van der Waals surface area contributed by atoms with Crippen LogP contribution in [0.4, 0.5) is 0 Å². The lowest BCUT2D eigenvalue weighted by molar-refractivity contribution is 0.0225. The topological polar surface area (TPSA) is 18.5 Å². The molecule has 0 amide bonds. The van der Waals surface area contributed by atoms with Crippen molar-refractivity contribution in [1.82, 2.24) is 0 Å². The van der Waals surface area contributed by atoms with Crippen molar-refractivity contribution < 1.29 is 9.47 Å². The van der Waals surface area contributed by atoms with Gasteiger partial charge < -0.3 is 9.47 Å². The van der Waals surface area contributed by atoms with Crippen molar-refractivity contribution in [2.24, 2.45) is 0 Å². The van der Waals surface area contributed by atoms with E-state index in [9.17, 15) is 0 Å². The highest BCUT2D eigenvalue weighted by atomic mass is 16.5. The number of ether oxygens (including phenoxy) is 2. The van der Waals surface area contributed by atoms with Crippen molar-refractivity contribution in [2.75, 3.05) is 14.2 Å². The predicted octanol–water partition coefficient (Wildman–Crippen LogP) is 5.25. The second-order valence-corrected chi connectivity index (χ2v) is 7.33. The smallest absolute Gasteiger partial charge is 0.118 e. The van der Waals surface area contributed by atoms with E-state index in [1.165, 1.54) is 49.7 Å². The first kappa shape index (κ1) is 15.6. The monoisotopic (exact) mass is 322 g/mol. The molecule has 0 N–H and O–H groups in total. The van der Waals surface area contributed by atoms with Crippen LogP contribution in [0.15, 0.2) is 48.5 Å². The van der Waals surface area contributed by atoms with Gasteiger partial charge in [0.2, 0.25) is 0 Å². The van der Waals surface area contributed by atoms with Crippen molar-refractivity contribution >= 4 is 0 Å². The van der Waals surface area contributed by atoms with Crippen LogP contribution in [0.1, 0.15) is 49.7 Å². The molecule has 2 aliphatic carbocycles. The third-order valence-electron chi connectivity index (χ3n) is 6.64. The lowest BCUT2D eigenvalue weighted by Crippen LogP contribution is -2.59. The van der Waals surface area contributed by atoms with Crippen LogP contribution in [0.2, 0.25) is 0 Å². The summed E-state index contributed by atoms with van der Waals surface area (Å²) in [6.07, 6.45) is 7.86. The summed E-state index contributed by atoms with van der Waals surface area (Å²) in [6, 6.07) is 17.7. The van der Waals surface area contributed by atoms with Gasteiger partial charge in [-0.2, -0.15) is 0 Å². The maximum absolute atomic E-state index is 5.36. The lowest BCUT2D eigenvalue weighted by Gasteiger charge is -2.63. The molecule has 2 aliphatic rings. The van der Waals surface area contributed by atoms with Crippen LogP contribution in [-0.4, -0.2) is 14.2 Å². The van der Waals surface area contributed by atoms with E-state index in [-0.39, 0.29) is 0 Å². The standard InChI is InChI=1S/C22H26O2/c1-23-19-9-5-17(6-10-19)21-13-3-4-14-22(21,16-15-21)18-7-11-20(24-2)12-8-18/h5-12H,3-4,13-16H2,1-2H3/t21-,22-/m0/s1. The minimum atomic E-state index is 0.298. The van der Waals surface area contributed by atoms with Crippen LogP contribution >= 0.6 is 0 Å². The second-order valence-electron chi connectivity index (χ2n) is 7.33. The predicted molar refractivity (Wildman–Crippen MR) is 97.0 cm³/mol. The van der Waals surface area contributed by atoms with Crippen LogP contribution < -0.4 is 9.47 Å². The molecule has 2 saturated carbocycles. The number of hydrogen-bond donors (Lipinski definition) is 0. The summed E-state index contributed by atoms with van der Waals surface area (Å²) in [5.74, 6) is 1.89. The fourth-order valence-corrected chi connectivity index (χ4v) is 5.26. The highest BCUT2D eigenvalue weighted by Crippen LogP contribution is 2.66. The number of hydrogen-bond acceptors (Lipinski definition) is 2. The Morgan fingerprint density at radius 1 is 0.583 bits per heavy atom. The van der Waals surface area contributed by atoms with Crippen molar-refractivity contribution in [2.45, 2.75) is 49.4 Å². The average Bonchev–Trinajstić information content (AvgIpc) is 2.64. The molecule has 0 bridgehead atoms. The van der Waals surface area contributed by atoms with Crippen LogP contribution in [0.25, 0.3) is 0 Å². The van der Waals surface area contributed by atoms with E-state index >= 15 is 0 Å². The second kappa shape index (κ2) is 5.84. The minimum Gasteiger partial charge on any atom is -0.497 e. The molecule has 2 fully saturated rings. The summed E-state index contributed by atoms with van der Waals surface area (Å²) in [4.78, 5) is 0. The highest BCUT2D eigenvalue weighted by molar-refractivity contribution is 5.47. The fraction of sp³-hybridized carbons (Fsp3) is 0.455. The Hall–Kier alpha value is -1.96. The van der Waals surface area contributed by atoms with E-state index in [0.717, 1.165) is 11.5 Å². The molecule has 0 heterocycles. The van der Waals surface area contributed by atoms with Gasteiger partial charge >= 0.3 is 0 Å². The quantitative estimate of drug-likeness (QED) is 0.765. The summed E-state index contributed by atoms with van der Waals surface area (Å²) in [6.45, 7) is 0. The van der Waals surface area contributed by atoms with Crippen LogP contribution in [0, 0.1) is 0 Å². The van der Waals surface area contributed by atoms with Crippen molar-refractivity contribution in [1.29, 1.82) is 0 Å². The van der Waals surface area contributed by atoms with E-state index < -0.39 is 0 Å². The Labute approximate surface area is 144 Å². The molecule has 2 aromatic carbocycles. The van der Waals surface area contributed by atoms with Gasteiger partial charge in [0.25, 0.3) is 0 Å². The SMILES string of the molecule is COc1ccc([C@@]23CCCC[C@@]2(c2ccc(OC)cc2)CC3)cc1. The molecule has 0 saturated heterocycles. The number of methoxy groups -OCH3 is 2. The molecule has 4 rings (SSSR count). The lowest BCUT2D eigenvalue weighted by atomic mass is 9.40. The van der Waals surface area contributed by atoms with Gasteiger partial charge in [0.05, 0.1) is 14.2 Å². The summed E-state index contributed by atoms with van der Waals surface area (Å²) in [5, 5.41) is 0. The van der Waals surface area contributed by atoms with Gasteiger partial charge in [-0.1, -0.05) is 37.1 Å². The van der Waals surface area contributed by atoms with Crippen molar-refractivity contribution in [3.8, 4) is 11.5 Å². The van der Waals surface area contributed by atoms with E-state index in [1.54, 1.807) is 14.2 Å².